The lowest BCUT2D eigenvalue weighted by Gasteiger charge is -2.25. The van der Waals surface area contributed by atoms with Crippen LogP contribution in [0.25, 0.3) is 0 Å². The van der Waals surface area contributed by atoms with Gasteiger partial charge in [-0.05, 0) is 31.0 Å². The number of ether oxygens (including phenoxy) is 1. The SMILES string of the molecule is CCCN(CCC)C(=O)C1CC(=O)N(c2ccc(OC)c(Cl)c2)C1. The zero-order chi connectivity index (χ0) is 17.7. The Hall–Kier alpha value is -1.75. The Kier molecular flexibility index (Phi) is 6.49. The van der Waals surface area contributed by atoms with E-state index >= 15 is 0 Å². The van der Waals surface area contributed by atoms with Gasteiger partial charge < -0.3 is 14.5 Å². The van der Waals surface area contributed by atoms with Gasteiger partial charge in [0.1, 0.15) is 5.75 Å². The van der Waals surface area contributed by atoms with Gasteiger partial charge in [-0.15, -0.1) is 0 Å². The molecule has 0 N–H and O–H groups in total. The molecule has 0 aliphatic carbocycles. The van der Waals surface area contributed by atoms with Gasteiger partial charge in [-0.1, -0.05) is 25.4 Å². The molecule has 0 radical (unpaired) electrons. The zero-order valence-corrected chi connectivity index (χ0v) is 15.3. The Labute approximate surface area is 148 Å². The first-order valence-electron chi connectivity index (χ1n) is 8.44. The molecule has 1 aliphatic rings. The monoisotopic (exact) mass is 352 g/mol. The number of amides is 2. The van der Waals surface area contributed by atoms with Gasteiger partial charge in [0.05, 0.1) is 18.1 Å². The Bertz CT molecular complexity index is 600. The summed E-state index contributed by atoms with van der Waals surface area (Å²) in [7, 11) is 1.55. The van der Waals surface area contributed by atoms with Crippen molar-refractivity contribution in [3.63, 3.8) is 0 Å². The van der Waals surface area contributed by atoms with Gasteiger partial charge in [-0.25, -0.2) is 0 Å². The predicted octanol–water partition coefficient (Wildman–Crippen LogP) is 3.35. The fourth-order valence-electron chi connectivity index (χ4n) is 3.08. The topological polar surface area (TPSA) is 49.9 Å². The number of rotatable bonds is 7. The number of carbonyl (C=O) groups excluding carboxylic acids is 2. The third-order valence-electron chi connectivity index (χ3n) is 4.22. The highest BCUT2D eigenvalue weighted by atomic mass is 35.5. The first-order chi connectivity index (χ1) is 11.5. The summed E-state index contributed by atoms with van der Waals surface area (Å²) < 4.78 is 5.14. The summed E-state index contributed by atoms with van der Waals surface area (Å²) in [5.41, 5.74) is 0.707. The lowest BCUT2D eigenvalue weighted by Crippen LogP contribution is -2.38. The second-order valence-corrected chi connectivity index (χ2v) is 6.46. The van der Waals surface area contributed by atoms with E-state index in [1.165, 1.54) is 0 Å². The van der Waals surface area contributed by atoms with Crippen LogP contribution in [-0.2, 0) is 9.59 Å². The molecular formula is C18H25ClN2O3. The third-order valence-corrected chi connectivity index (χ3v) is 4.52. The highest BCUT2D eigenvalue weighted by molar-refractivity contribution is 6.32. The van der Waals surface area contributed by atoms with Gasteiger partial charge in [0.25, 0.3) is 0 Å². The number of anilines is 1. The van der Waals surface area contributed by atoms with Crippen LogP contribution in [0.3, 0.4) is 0 Å². The van der Waals surface area contributed by atoms with E-state index < -0.39 is 0 Å². The maximum absolute atomic E-state index is 12.7. The molecule has 6 heteroatoms. The van der Waals surface area contributed by atoms with Crippen molar-refractivity contribution in [3.05, 3.63) is 23.2 Å². The highest BCUT2D eigenvalue weighted by Gasteiger charge is 2.37. The first kappa shape index (κ1) is 18.6. The van der Waals surface area contributed by atoms with Gasteiger partial charge in [0.15, 0.2) is 0 Å². The van der Waals surface area contributed by atoms with Crippen LogP contribution >= 0.6 is 11.6 Å². The van der Waals surface area contributed by atoms with Gasteiger partial charge >= 0.3 is 0 Å². The molecule has 2 amide bonds. The minimum atomic E-state index is -0.281. The molecule has 1 aromatic rings. The van der Waals surface area contributed by atoms with E-state index in [2.05, 4.69) is 13.8 Å². The van der Waals surface area contributed by atoms with Crippen molar-refractivity contribution < 1.29 is 14.3 Å². The zero-order valence-electron chi connectivity index (χ0n) is 14.5. The summed E-state index contributed by atoms with van der Waals surface area (Å²) >= 11 is 6.15. The van der Waals surface area contributed by atoms with E-state index in [0.717, 1.165) is 25.9 Å². The molecule has 24 heavy (non-hydrogen) atoms. The predicted molar refractivity (Wildman–Crippen MR) is 95.6 cm³/mol. The molecule has 0 aromatic heterocycles. The van der Waals surface area contributed by atoms with Crippen LogP contribution in [0.1, 0.15) is 33.1 Å². The summed E-state index contributed by atoms with van der Waals surface area (Å²) in [6, 6.07) is 5.24. The smallest absolute Gasteiger partial charge is 0.228 e. The van der Waals surface area contributed by atoms with E-state index in [1.807, 2.05) is 4.90 Å². The molecule has 1 unspecified atom stereocenters. The van der Waals surface area contributed by atoms with Crippen molar-refractivity contribution in [1.82, 2.24) is 4.90 Å². The minimum absolute atomic E-state index is 0.0393. The number of halogens is 1. The molecule has 0 bridgehead atoms. The summed E-state index contributed by atoms with van der Waals surface area (Å²) in [4.78, 5) is 28.6. The number of benzene rings is 1. The molecule has 2 rings (SSSR count). The van der Waals surface area contributed by atoms with Crippen LogP contribution in [0.15, 0.2) is 18.2 Å². The maximum Gasteiger partial charge on any atom is 0.228 e. The Morgan fingerprint density at radius 1 is 1.33 bits per heavy atom. The number of hydrogen-bond acceptors (Lipinski definition) is 3. The molecule has 0 saturated carbocycles. The summed E-state index contributed by atoms with van der Waals surface area (Å²) in [6.45, 7) is 6.00. The van der Waals surface area contributed by atoms with Crippen molar-refractivity contribution in [2.24, 2.45) is 5.92 Å². The Morgan fingerprint density at radius 3 is 2.54 bits per heavy atom. The molecular weight excluding hydrogens is 328 g/mol. The van der Waals surface area contributed by atoms with Crippen LogP contribution in [-0.4, -0.2) is 43.5 Å². The van der Waals surface area contributed by atoms with Crippen LogP contribution in [0.2, 0.25) is 5.02 Å². The lowest BCUT2D eigenvalue weighted by molar-refractivity contribution is -0.135. The standard InChI is InChI=1S/C18H25ClN2O3/c1-4-8-20(9-5-2)18(23)13-10-17(22)21(12-13)14-6-7-16(24-3)15(19)11-14/h6-7,11,13H,4-5,8-10,12H2,1-3H3. The number of hydrogen-bond donors (Lipinski definition) is 0. The third kappa shape index (κ3) is 4.01. The fourth-order valence-corrected chi connectivity index (χ4v) is 3.33. The average molecular weight is 353 g/mol. The lowest BCUT2D eigenvalue weighted by atomic mass is 10.1. The number of nitrogens with zero attached hydrogens (tertiary/aromatic N) is 2. The van der Waals surface area contributed by atoms with E-state index in [-0.39, 0.29) is 24.2 Å². The molecule has 5 nitrogen and oxygen atoms in total. The van der Waals surface area contributed by atoms with Crippen LogP contribution in [0, 0.1) is 5.92 Å². The minimum Gasteiger partial charge on any atom is -0.495 e. The largest absolute Gasteiger partial charge is 0.495 e. The van der Waals surface area contributed by atoms with E-state index in [0.29, 0.717) is 23.0 Å². The molecule has 1 aromatic carbocycles. The second-order valence-electron chi connectivity index (χ2n) is 6.05. The van der Waals surface area contributed by atoms with Gasteiger partial charge in [0, 0.05) is 31.7 Å². The van der Waals surface area contributed by atoms with E-state index in [4.69, 9.17) is 16.3 Å². The maximum atomic E-state index is 12.7. The molecule has 1 fully saturated rings. The molecule has 1 atom stereocenters. The van der Waals surface area contributed by atoms with Gasteiger partial charge in [-0.3, -0.25) is 9.59 Å². The summed E-state index contributed by atoms with van der Waals surface area (Å²) in [5.74, 6) is 0.324. The molecule has 1 aliphatic heterocycles. The number of methoxy groups -OCH3 is 1. The number of carbonyl (C=O) groups is 2. The average Bonchev–Trinajstić information content (AvgIpc) is 2.95. The fraction of sp³-hybridized carbons (Fsp3) is 0.556. The highest BCUT2D eigenvalue weighted by Crippen LogP contribution is 2.32. The van der Waals surface area contributed by atoms with Crippen LogP contribution in [0.4, 0.5) is 5.69 Å². The Morgan fingerprint density at radius 2 is 2.00 bits per heavy atom. The van der Waals surface area contributed by atoms with Crippen LogP contribution in [0.5, 0.6) is 5.75 Å². The van der Waals surface area contributed by atoms with E-state index in [9.17, 15) is 9.59 Å². The summed E-state index contributed by atoms with van der Waals surface area (Å²) in [5, 5.41) is 0.455. The summed E-state index contributed by atoms with van der Waals surface area (Å²) in [6.07, 6.45) is 2.10. The van der Waals surface area contributed by atoms with Crippen molar-refractivity contribution in [3.8, 4) is 5.75 Å². The quantitative estimate of drug-likeness (QED) is 0.756. The van der Waals surface area contributed by atoms with Crippen LogP contribution < -0.4 is 9.64 Å². The van der Waals surface area contributed by atoms with Crippen molar-refractivity contribution in [1.29, 1.82) is 0 Å². The Balaban J connectivity index is 2.12. The second kappa shape index (κ2) is 8.38. The molecule has 0 spiro atoms. The molecule has 132 valence electrons. The normalized spacial score (nSPS) is 17.2. The van der Waals surface area contributed by atoms with Gasteiger partial charge in [0.2, 0.25) is 11.8 Å². The van der Waals surface area contributed by atoms with E-state index in [1.54, 1.807) is 30.2 Å². The van der Waals surface area contributed by atoms with Crippen molar-refractivity contribution in [2.75, 3.05) is 31.6 Å². The molecule has 1 heterocycles. The van der Waals surface area contributed by atoms with Crippen molar-refractivity contribution >= 4 is 29.1 Å². The van der Waals surface area contributed by atoms with Crippen molar-refractivity contribution in [2.45, 2.75) is 33.1 Å². The molecule has 1 saturated heterocycles. The first-order valence-corrected chi connectivity index (χ1v) is 8.82. The van der Waals surface area contributed by atoms with Gasteiger partial charge in [-0.2, -0.15) is 0 Å².